The predicted molar refractivity (Wildman–Crippen MR) is 129 cm³/mol. The first-order valence-electron chi connectivity index (χ1n) is 11.2. The Morgan fingerprint density at radius 1 is 0.909 bits per heavy atom. The Labute approximate surface area is 197 Å². The normalized spacial score (nSPS) is 19.5. The van der Waals surface area contributed by atoms with E-state index >= 15 is 0 Å². The molecular weight excluding hydrogens is 434 g/mol. The third kappa shape index (κ3) is 5.40. The fraction of sp³-hybridized carbons (Fsp3) is 0.259. The maximum Gasteiger partial charge on any atom is 0.286 e. The van der Waals surface area contributed by atoms with Crippen LogP contribution in [0.4, 0.5) is 4.79 Å². The van der Waals surface area contributed by atoms with E-state index in [-0.39, 0.29) is 22.5 Å². The number of carbonyl (C=O) groups is 2. The maximum absolute atomic E-state index is 11.8. The SMILES string of the molecule is O=C1NC(=O)C(Cc2ccc3c(c2)CCC(Cc2ccc(OCc4ccccc4)cc2)O3)S1. The molecule has 0 aromatic heterocycles. The zero-order valence-electron chi connectivity index (χ0n) is 18.2. The molecule has 33 heavy (non-hydrogen) atoms. The lowest BCUT2D eigenvalue weighted by atomic mass is 9.95. The van der Waals surface area contributed by atoms with E-state index in [9.17, 15) is 9.59 Å². The molecular formula is C27H25NO4S. The minimum absolute atomic E-state index is 0.133. The number of nitrogens with one attached hydrogen (secondary N) is 1. The summed E-state index contributed by atoms with van der Waals surface area (Å²) in [5.41, 5.74) is 4.60. The van der Waals surface area contributed by atoms with Crippen molar-refractivity contribution in [3.63, 3.8) is 0 Å². The lowest BCUT2D eigenvalue weighted by Crippen LogP contribution is -2.26. The van der Waals surface area contributed by atoms with Crippen LogP contribution < -0.4 is 14.8 Å². The summed E-state index contributed by atoms with van der Waals surface area (Å²) in [6.45, 7) is 0.561. The molecule has 1 fully saturated rings. The van der Waals surface area contributed by atoms with Crippen molar-refractivity contribution in [1.29, 1.82) is 0 Å². The van der Waals surface area contributed by atoms with Crippen LogP contribution in [-0.4, -0.2) is 22.5 Å². The molecule has 2 atom stereocenters. The number of thioether (sulfide) groups is 1. The first-order valence-corrected chi connectivity index (χ1v) is 12.1. The molecule has 0 spiro atoms. The topological polar surface area (TPSA) is 64.6 Å². The number of amides is 2. The molecule has 0 radical (unpaired) electrons. The molecule has 6 heteroatoms. The Kier molecular flexibility index (Phi) is 6.35. The first-order chi connectivity index (χ1) is 16.1. The second-order valence-electron chi connectivity index (χ2n) is 8.43. The Bertz CT molecular complexity index is 1150. The third-order valence-corrected chi connectivity index (χ3v) is 6.96. The van der Waals surface area contributed by atoms with E-state index in [2.05, 4.69) is 35.6 Å². The Hall–Kier alpha value is -3.25. The van der Waals surface area contributed by atoms with Crippen molar-refractivity contribution in [3.05, 3.63) is 95.1 Å². The van der Waals surface area contributed by atoms with Gasteiger partial charge in [0, 0.05) is 6.42 Å². The summed E-state index contributed by atoms with van der Waals surface area (Å²) in [7, 11) is 0. The molecule has 0 aliphatic carbocycles. The van der Waals surface area contributed by atoms with Crippen molar-refractivity contribution in [2.45, 2.75) is 43.6 Å². The molecule has 2 unspecified atom stereocenters. The van der Waals surface area contributed by atoms with Crippen molar-refractivity contribution < 1.29 is 19.1 Å². The van der Waals surface area contributed by atoms with Gasteiger partial charge in [-0.2, -0.15) is 0 Å². The van der Waals surface area contributed by atoms with Gasteiger partial charge in [-0.1, -0.05) is 66.4 Å². The van der Waals surface area contributed by atoms with E-state index < -0.39 is 0 Å². The molecule has 2 aliphatic rings. The van der Waals surface area contributed by atoms with Gasteiger partial charge in [0.15, 0.2) is 0 Å². The monoisotopic (exact) mass is 459 g/mol. The molecule has 2 heterocycles. The highest BCUT2D eigenvalue weighted by molar-refractivity contribution is 8.15. The molecule has 1 saturated heterocycles. The molecule has 2 aliphatic heterocycles. The van der Waals surface area contributed by atoms with Gasteiger partial charge in [-0.05, 0) is 59.7 Å². The van der Waals surface area contributed by atoms with Gasteiger partial charge < -0.3 is 9.47 Å². The Morgan fingerprint density at radius 3 is 2.45 bits per heavy atom. The molecule has 3 aromatic rings. The highest BCUT2D eigenvalue weighted by atomic mass is 32.2. The number of hydrogen-bond donors (Lipinski definition) is 1. The highest BCUT2D eigenvalue weighted by Crippen LogP contribution is 2.32. The van der Waals surface area contributed by atoms with E-state index in [0.717, 1.165) is 53.7 Å². The number of ether oxygens (including phenoxy) is 2. The van der Waals surface area contributed by atoms with Crippen LogP contribution in [0.1, 0.15) is 28.7 Å². The minimum Gasteiger partial charge on any atom is -0.490 e. The zero-order valence-corrected chi connectivity index (χ0v) is 19.0. The van der Waals surface area contributed by atoms with Crippen molar-refractivity contribution in [3.8, 4) is 11.5 Å². The van der Waals surface area contributed by atoms with Crippen LogP contribution in [0, 0.1) is 0 Å². The van der Waals surface area contributed by atoms with Crippen molar-refractivity contribution in [2.75, 3.05) is 0 Å². The van der Waals surface area contributed by atoms with E-state index in [1.807, 2.05) is 42.5 Å². The van der Waals surface area contributed by atoms with Gasteiger partial charge in [-0.15, -0.1) is 0 Å². The molecule has 3 aromatic carbocycles. The molecule has 0 bridgehead atoms. The van der Waals surface area contributed by atoms with Crippen LogP contribution in [0.5, 0.6) is 11.5 Å². The van der Waals surface area contributed by atoms with Crippen LogP contribution in [0.15, 0.2) is 72.8 Å². The zero-order chi connectivity index (χ0) is 22.6. The van der Waals surface area contributed by atoms with Crippen molar-refractivity contribution >= 4 is 22.9 Å². The number of fused-ring (bicyclic) bond motifs is 1. The lowest BCUT2D eigenvalue weighted by Gasteiger charge is -2.27. The maximum atomic E-state index is 11.8. The summed E-state index contributed by atoms with van der Waals surface area (Å²) >= 11 is 1.07. The van der Waals surface area contributed by atoms with Gasteiger partial charge in [0.25, 0.3) is 5.24 Å². The average Bonchev–Trinajstić information content (AvgIpc) is 3.15. The largest absolute Gasteiger partial charge is 0.490 e. The van der Waals surface area contributed by atoms with E-state index in [1.165, 1.54) is 11.1 Å². The summed E-state index contributed by atoms with van der Waals surface area (Å²) in [6.07, 6.45) is 3.42. The quantitative estimate of drug-likeness (QED) is 0.533. The average molecular weight is 460 g/mol. The second-order valence-corrected chi connectivity index (χ2v) is 9.61. The minimum atomic E-state index is -0.340. The van der Waals surface area contributed by atoms with Gasteiger partial charge >= 0.3 is 0 Å². The van der Waals surface area contributed by atoms with Crippen LogP contribution in [-0.2, 0) is 30.7 Å². The van der Waals surface area contributed by atoms with E-state index in [1.54, 1.807) is 0 Å². The van der Waals surface area contributed by atoms with E-state index in [4.69, 9.17) is 9.47 Å². The number of aryl methyl sites for hydroxylation is 1. The molecule has 5 rings (SSSR count). The molecule has 1 N–H and O–H groups in total. The summed E-state index contributed by atoms with van der Waals surface area (Å²) in [4.78, 5) is 23.2. The third-order valence-electron chi connectivity index (χ3n) is 5.98. The molecule has 0 saturated carbocycles. The van der Waals surface area contributed by atoms with Gasteiger partial charge in [0.1, 0.15) is 24.2 Å². The van der Waals surface area contributed by atoms with Crippen LogP contribution in [0.25, 0.3) is 0 Å². The fourth-order valence-electron chi connectivity index (χ4n) is 4.24. The van der Waals surface area contributed by atoms with E-state index in [0.29, 0.717) is 13.0 Å². The van der Waals surface area contributed by atoms with Gasteiger partial charge in [-0.3, -0.25) is 14.9 Å². The van der Waals surface area contributed by atoms with Gasteiger partial charge in [-0.25, -0.2) is 0 Å². The summed E-state index contributed by atoms with van der Waals surface area (Å²) in [5.74, 6) is 1.58. The number of hydrogen-bond acceptors (Lipinski definition) is 5. The number of imide groups is 1. The van der Waals surface area contributed by atoms with Crippen LogP contribution in [0.2, 0.25) is 0 Å². The van der Waals surface area contributed by atoms with Gasteiger partial charge in [0.2, 0.25) is 5.91 Å². The standard InChI is InChI=1S/C27H25NO4S/c29-26-25(33-27(30)28-26)16-20-8-13-24-21(14-20)9-12-23(32-24)15-18-6-10-22(11-7-18)31-17-19-4-2-1-3-5-19/h1-8,10-11,13-14,23,25H,9,12,15-17H2,(H,28,29,30). The highest BCUT2D eigenvalue weighted by Gasteiger charge is 2.31. The molecule has 2 amide bonds. The lowest BCUT2D eigenvalue weighted by molar-refractivity contribution is -0.118. The smallest absolute Gasteiger partial charge is 0.286 e. The van der Waals surface area contributed by atoms with Crippen LogP contribution in [0.3, 0.4) is 0 Å². The van der Waals surface area contributed by atoms with Crippen molar-refractivity contribution in [2.24, 2.45) is 0 Å². The number of rotatable bonds is 7. The number of carbonyl (C=O) groups excluding carboxylic acids is 2. The Morgan fingerprint density at radius 2 is 1.70 bits per heavy atom. The van der Waals surface area contributed by atoms with Gasteiger partial charge in [0.05, 0.1) is 5.25 Å². The van der Waals surface area contributed by atoms with Crippen molar-refractivity contribution in [1.82, 2.24) is 5.32 Å². The van der Waals surface area contributed by atoms with Crippen LogP contribution >= 0.6 is 11.8 Å². The molecule has 5 nitrogen and oxygen atoms in total. The predicted octanol–water partition coefficient (Wildman–Crippen LogP) is 5.10. The first kappa shape index (κ1) is 21.6. The summed E-state index contributed by atoms with van der Waals surface area (Å²) in [6, 6.07) is 24.5. The Balaban J connectivity index is 1.15. The fourth-order valence-corrected chi connectivity index (χ4v) is 5.10. The summed E-state index contributed by atoms with van der Waals surface area (Å²) in [5, 5.41) is 1.75. The second kappa shape index (κ2) is 9.71. The molecule has 168 valence electrons. The summed E-state index contributed by atoms with van der Waals surface area (Å²) < 4.78 is 12.1. The number of benzene rings is 3.